The smallest absolute Gasteiger partial charge is 0.145 e. The van der Waals surface area contributed by atoms with Crippen molar-refractivity contribution in [2.45, 2.75) is 0 Å². The number of nitrogens with zero attached hydrogens (tertiary/aromatic N) is 2. The number of rotatable bonds is 2. The molecule has 0 atom stereocenters. The molecule has 1 N–H and O–H groups in total. The van der Waals surface area contributed by atoms with Gasteiger partial charge in [-0.15, -0.1) is 0 Å². The molecule has 0 rings (SSSR count). The van der Waals surface area contributed by atoms with Crippen LogP contribution in [-0.4, -0.2) is 13.6 Å². The third-order valence-corrected chi connectivity index (χ3v) is 0.720. The molecule has 0 aliphatic heterocycles. The van der Waals surface area contributed by atoms with E-state index in [-0.39, 0.29) is 0 Å². The molecule has 0 saturated heterocycles. The number of hydrogen-bond donors (Lipinski definition) is 1. The summed E-state index contributed by atoms with van der Waals surface area (Å²) in [6.45, 7) is 0.451. The van der Waals surface area contributed by atoms with Gasteiger partial charge in [-0.25, -0.2) is 0 Å². The Labute approximate surface area is 48.5 Å². The highest BCUT2D eigenvalue weighted by Crippen LogP contribution is 1.85. The van der Waals surface area contributed by atoms with E-state index in [1.807, 2.05) is 12.1 Å². The van der Waals surface area contributed by atoms with Crippen molar-refractivity contribution in [1.29, 1.82) is 10.5 Å². The van der Waals surface area contributed by atoms with Crippen molar-refractivity contribution in [2.75, 3.05) is 13.6 Å². The first kappa shape index (κ1) is 6.94. The normalized spacial score (nSPS) is 8.00. The van der Waals surface area contributed by atoms with Crippen LogP contribution in [0.1, 0.15) is 0 Å². The van der Waals surface area contributed by atoms with Crippen molar-refractivity contribution in [3.63, 3.8) is 0 Å². The first-order valence-corrected chi connectivity index (χ1v) is 2.29. The first-order chi connectivity index (χ1) is 3.85. The van der Waals surface area contributed by atoms with E-state index in [0.717, 1.165) is 0 Å². The quantitative estimate of drug-likeness (QED) is 0.537. The predicted octanol–water partition coefficient (Wildman–Crippen LogP) is -0.131. The maximum atomic E-state index is 8.14. The van der Waals surface area contributed by atoms with Gasteiger partial charge in [-0.05, 0) is 7.05 Å². The molecule has 0 bridgehead atoms. The topological polar surface area (TPSA) is 59.6 Å². The molecule has 0 amide bonds. The van der Waals surface area contributed by atoms with Gasteiger partial charge in [-0.3, -0.25) is 0 Å². The van der Waals surface area contributed by atoms with Crippen molar-refractivity contribution < 1.29 is 0 Å². The highest BCUT2D eigenvalue weighted by atomic mass is 14.8. The molecule has 42 valence electrons. The third-order valence-electron chi connectivity index (χ3n) is 0.720. The molecule has 0 aliphatic carbocycles. The van der Waals surface area contributed by atoms with Crippen LogP contribution in [0.25, 0.3) is 0 Å². The lowest BCUT2D eigenvalue weighted by molar-refractivity contribution is 0.721. The summed E-state index contributed by atoms with van der Waals surface area (Å²) in [6.07, 6.45) is 0. The summed E-state index contributed by atoms with van der Waals surface area (Å²) in [4.78, 5) is 0. The van der Waals surface area contributed by atoms with Gasteiger partial charge in [0.25, 0.3) is 0 Å². The largest absolute Gasteiger partial charge is 0.317 e. The lowest BCUT2D eigenvalue weighted by Gasteiger charge is -1.93. The SMILES string of the molecule is CNCC(C#N)C#N. The summed E-state index contributed by atoms with van der Waals surface area (Å²) in [5, 5.41) is 19.0. The van der Waals surface area contributed by atoms with E-state index in [4.69, 9.17) is 10.5 Å². The molecule has 0 saturated carbocycles. The van der Waals surface area contributed by atoms with Crippen molar-refractivity contribution in [1.82, 2.24) is 5.32 Å². The summed E-state index contributed by atoms with van der Waals surface area (Å²) in [7, 11) is 1.71. The average Bonchev–Trinajstić information content (AvgIpc) is 1.83. The van der Waals surface area contributed by atoms with Gasteiger partial charge in [0.05, 0.1) is 12.1 Å². The van der Waals surface area contributed by atoms with E-state index in [1.54, 1.807) is 7.05 Å². The maximum absolute atomic E-state index is 8.14. The Morgan fingerprint density at radius 2 is 2.00 bits per heavy atom. The third kappa shape index (κ3) is 2.17. The minimum Gasteiger partial charge on any atom is -0.317 e. The summed E-state index contributed by atoms with van der Waals surface area (Å²) < 4.78 is 0. The molecule has 0 radical (unpaired) electrons. The molecular formula is C5H7N3. The molecule has 0 aromatic heterocycles. The van der Waals surface area contributed by atoms with E-state index in [2.05, 4.69) is 5.32 Å². The minimum absolute atomic E-state index is 0.451. The van der Waals surface area contributed by atoms with Gasteiger partial charge in [0, 0.05) is 6.54 Å². The van der Waals surface area contributed by atoms with Crippen LogP contribution in [0.5, 0.6) is 0 Å². The zero-order valence-electron chi connectivity index (χ0n) is 4.68. The van der Waals surface area contributed by atoms with Crippen LogP contribution in [0.4, 0.5) is 0 Å². The van der Waals surface area contributed by atoms with E-state index in [9.17, 15) is 0 Å². The second kappa shape index (κ2) is 4.11. The fourth-order valence-corrected chi connectivity index (χ4v) is 0.324. The van der Waals surface area contributed by atoms with E-state index in [0.29, 0.717) is 6.54 Å². The highest BCUT2D eigenvalue weighted by molar-refractivity contribution is 4.99. The summed E-state index contributed by atoms with van der Waals surface area (Å²) >= 11 is 0. The lowest BCUT2D eigenvalue weighted by atomic mass is 10.2. The van der Waals surface area contributed by atoms with Crippen molar-refractivity contribution in [2.24, 2.45) is 5.92 Å². The number of nitriles is 2. The number of nitrogens with one attached hydrogen (secondary N) is 1. The summed E-state index contributed by atoms with van der Waals surface area (Å²) in [5.74, 6) is -0.500. The second-order valence-corrected chi connectivity index (χ2v) is 1.37. The van der Waals surface area contributed by atoms with Crippen LogP contribution in [0.15, 0.2) is 0 Å². The molecule has 0 spiro atoms. The molecule has 8 heavy (non-hydrogen) atoms. The maximum Gasteiger partial charge on any atom is 0.145 e. The predicted molar refractivity (Wildman–Crippen MR) is 28.6 cm³/mol. The van der Waals surface area contributed by atoms with Gasteiger partial charge in [-0.2, -0.15) is 10.5 Å². The fourth-order valence-electron chi connectivity index (χ4n) is 0.324. The molecular weight excluding hydrogens is 102 g/mol. The van der Waals surface area contributed by atoms with Gasteiger partial charge in [0.15, 0.2) is 0 Å². The lowest BCUT2D eigenvalue weighted by Crippen LogP contribution is -2.15. The Morgan fingerprint density at radius 1 is 1.50 bits per heavy atom. The highest BCUT2D eigenvalue weighted by Gasteiger charge is 1.99. The monoisotopic (exact) mass is 109 g/mol. The zero-order chi connectivity index (χ0) is 6.41. The molecule has 0 aromatic carbocycles. The van der Waals surface area contributed by atoms with Crippen LogP contribution < -0.4 is 5.32 Å². The van der Waals surface area contributed by atoms with Crippen LogP contribution in [0, 0.1) is 28.6 Å². The van der Waals surface area contributed by atoms with Crippen LogP contribution in [-0.2, 0) is 0 Å². The molecule has 0 fully saturated rings. The van der Waals surface area contributed by atoms with Gasteiger partial charge in [-0.1, -0.05) is 0 Å². The molecule has 0 aliphatic rings. The Morgan fingerprint density at radius 3 is 2.12 bits per heavy atom. The van der Waals surface area contributed by atoms with Crippen LogP contribution in [0.3, 0.4) is 0 Å². The van der Waals surface area contributed by atoms with Gasteiger partial charge in [0.1, 0.15) is 5.92 Å². The molecule has 0 heterocycles. The molecule has 0 unspecified atom stereocenters. The summed E-state index contributed by atoms with van der Waals surface area (Å²) in [5.41, 5.74) is 0. The zero-order valence-corrected chi connectivity index (χ0v) is 4.68. The van der Waals surface area contributed by atoms with Crippen molar-refractivity contribution in [3.05, 3.63) is 0 Å². The first-order valence-electron chi connectivity index (χ1n) is 2.29. The molecule has 3 nitrogen and oxygen atoms in total. The van der Waals surface area contributed by atoms with Crippen LogP contribution in [0.2, 0.25) is 0 Å². The van der Waals surface area contributed by atoms with Gasteiger partial charge < -0.3 is 5.32 Å². The van der Waals surface area contributed by atoms with Crippen molar-refractivity contribution in [3.8, 4) is 12.1 Å². The second-order valence-electron chi connectivity index (χ2n) is 1.37. The Bertz CT molecular complexity index is 114. The fraction of sp³-hybridized carbons (Fsp3) is 0.600. The minimum atomic E-state index is -0.500. The molecule has 0 aromatic rings. The van der Waals surface area contributed by atoms with E-state index >= 15 is 0 Å². The van der Waals surface area contributed by atoms with Crippen molar-refractivity contribution >= 4 is 0 Å². The molecule has 3 heteroatoms. The van der Waals surface area contributed by atoms with Gasteiger partial charge in [0.2, 0.25) is 0 Å². The van der Waals surface area contributed by atoms with Gasteiger partial charge >= 0.3 is 0 Å². The van der Waals surface area contributed by atoms with E-state index < -0.39 is 5.92 Å². The number of hydrogen-bond acceptors (Lipinski definition) is 3. The summed E-state index contributed by atoms with van der Waals surface area (Å²) in [6, 6.07) is 3.66. The Balaban J connectivity index is 3.46. The Kier molecular flexibility index (Phi) is 3.56. The average molecular weight is 109 g/mol. The van der Waals surface area contributed by atoms with E-state index in [1.165, 1.54) is 0 Å². The van der Waals surface area contributed by atoms with Crippen LogP contribution >= 0.6 is 0 Å². The Hall–Kier alpha value is -1.06. The standard InChI is InChI=1S/C5H7N3/c1-8-4-5(2-6)3-7/h5,8H,4H2,1H3.